The number of carbonyl (C=O) groups is 1. The second-order valence-corrected chi connectivity index (χ2v) is 5.22. The molecular weight excluding hydrogens is 262 g/mol. The summed E-state index contributed by atoms with van der Waals surface area (Å²) in [6, 6.07) is 8.75. The molecule has 0 saturated carbocycles. The van der Waals surface area contributed by atoms with E-state index in [2.05, 4.69) is 4.98 Å². The van der Waals surface area contributed by atoms with Gasteiger partial charge in [0.1, 0.15) is 0 Å². The largest absolute Gasteiger partial charge is 0.399 e. The van der Waals surface area contributed by atoms with Crippen LogP contribution in [-0.2, 0) is 6.42 Å². The molecule has 1 aromatic carbocycles. The number of hydrogen-bond donors (Lipinski definition) is 2. The molecule has 3 aromatic rings. The lowest BCUT2D eigenvalue weighted by Crippen LogP contribution is -2.25. The first kappa shape index (κ1) is 11.7. The fourth-order valence-electron chi connectivity index (χ4n) is 2.02. The fraction of sp³-hybridized carbons (Fsp3) is 0.0769. The number of nitrogen functional groups attached to an aromatic ring is 1. The summed E-state index contributed by atoms with van der Waals surface area (Å²) in [5, 5.41) is 1.90. The predicted molar refractivity (Wildman–Crippen MR) is 75.6 cm³/mol. The number of nitrogens with one attached hydrogen (secondary N) is 1. The molecule has 0 aliphatic carbocycles. The number of anilines is 1. The van der Waals surface area contributed by atoms with E-state index in [1.54, 1.807) is 18.2 Å². The highest BCUT2D eigenvalue weighted by atomic mass is 32.1. The Hall–Kier alpha value is -2.34. The molecule has 0 bridgehead atoms. The van der Waals surface area contributed by atoms with Crippen molar-refractivity contribution in [3.8, 4) is 0 Å². The molecule has 0 atom stereocenters. The lowest BCUT2D eigenvalue weighted by Gasteiger charge is -2.01. The number of nitrogens with two attached hydrogens (primary N) is 1. The van der Waals surface area contributed by atoms with Crippen LogP contribution < -0.4 is 11.4 Å². The van der Waals surface area contributed by atoms with Crippen LogP contribution in [0.1, 0.15) is 9.67 Å². The lowest BCUT2D eigenvalue weighted by atomic mass is 10.2. The highest BCUT2D eigenvalue weighted by molar-refractivity contribution is 7.10. The molecular formula is C13H11N3O2S. The number of hydrogen-bond acceptors (Lipinski definition) is 4. The smallest absolute Gasteiger partial charge is 0.333 e. The van der Waals surface area contributed by atoms with Crippen LogP contribution in [0.4, 0.5) is 5.69 Å². The number of imidazole rings is 1. The molecule has 0 aliphatic rings. The van der Waals surface area contributed by atoms with Gasteiger partial charge in [-0.2, -0.15) is 0 Å². The maximum absolute atomic E-state index is 12.2. The van der Waals surface area contributed by atoms with Crippen LogP contribution in [0, 0.1) is 0 Å². The third-order valence-corrected chi connectivity index (χ3v) is 3.74. The van der Waals surface area contributed by atoms with Crippen molar-refractivity contribution in [3.05, 3.63) is 51.1 Å². The molecule has 0 spiro atoms. The first-order chi connectivity index (χ1) is 9.15. The quantitative estimate of drug-likeness (QED) is 0.699. The number of nitrogens with zero attached hydrogens (tertiary/aromatic N) is 1. The Bertz CT molecular complexity index is 799. The van der Waals surface area contributed by atoms with Crippen molar-refractivity contribution in [2.45, 2.75) is 6.42 Å². The van der Waals surface area contributed by atoms with Gasteiger partial charge >= 0.3 is 5.69 Å². The van der Waals surface area contributed by atoms with E-state index in [0.717, 1.165) is 9.44 Å². The summed E-state index contributed by atoms with van der Waals surface area (Å²) >= 11 is 1.50. The zero-order valence-electron chi connectivity index (χ0n) is 9.92. The van der Waals surface area contributed by atoms with E-state index < -0.39 is 5.69 Å². The first-order valence-electron chi connectivity index (χ1n) is 5.71. The van der Waals surface area contributed by atoms with Gasteiger partial charge in [0.05, 0.1) is 17.5 Å². The molecule has 0 amide bonds. The van der Waals surface area contributed by atoms with E-state index in [1.165, 1.54) is 11.3 Å². The molecule has 2 aromatic heterocycles. The minimum atomic E-state index is -0.429. The van der Waals surface area contributed by atoms with E-state index in [4.69, 9.17) is 5.73 Å². The van der Waals surface area contributed by atoms with Crippen LogP contribution in [0.3, 0.4) is 0 Å². The molecule has 0 aliphatic heterocycles. The van der Waals surface area contributed by atoms with Gasteiger partial charge in [-0.05, 0) is 29.6 Å². The summed E-state index contributed by atoms with van der Waals surface area (Å²) < 4.78 is 1.16. The molecule has 0 unspecified atom stereocenters. The van der Waals surface area contributed by atoms with Gasteiger partial charge < -0.3 is 10.7 Å². The number of thiophene rings is 1. The van der Waals surface area contributed by atoms with Crippen LogP contribution in [0.2, 0.25) is 0 Å². The van der Waals surface area contributed by atoms with Gasteiger partial charge in [-0.3, -0.25) is 4.79 Å². The Kier molecular flexibility index (Phi) is 2.72. The molecule has 6 heteroatoms. The highest BCUT2D eigenvalue weighted by Gasteiger charge is 2.14. The molecule has 0 fully saturated rings. The van der Waals surface area contributed by atoms with E-state index >= 15 is 0 Å². The van der Waals surface area contributed by atoms with Crippen LogP contribution in [0.5, 0.6) is 0 Å². The molecule has 3 N–H and O–H groups in total. The van der Waals surface area contributed by atoms with Crippen molar-refractivity contribution in [3.63, 3.8) is 0 Å². The number of aromatic nitrogens is 2. The third-order valence-electron chi connectivity index (χ3n) is 2.86. The summed E-state index contributed by atoms with van der Waals surface area (Å²) in [4.78, 5) is 27.7. The van der Waals surface area contributed by atoms with E-state index in [1.807, 2.05) is 17.5 Å². The Balaban J connectivity index is 2.07. The minimum absolute atomic E-state index is 0.217. The molecule has 0 radical (unpaired) electrons. The van der Waals surface area contributed by atoms with Crippen LogP contribution >= 0.6 is 11.3 Å². The van der Waals surface area contributed by atoms with Gasteiger partial charge in [-0.15, -0.1) is 11.3 Å². The SMILES string of the molecule is Nc1ccc2c(c1)[nH]c(=O)n2C(=O)Cc1cccs1. The lowest BCUT2D eigenvalue weighted by molar-refractivity contribution is 0.0916. The Morgan fingerprint density at radius 1 is 1.37 bits per heavy atom. The normalized spacial score (nSPS) is 10.9. The van der Waals surface area contributed by atoms with Crippen molar-refractivity contribution in [1.29, 1.82) is 0 Å². The summed E-state index contributed by atoms with van der Waals surface area (Å²) in [6.07, 6.45) is 0.217. The molecule has 0 saturated heterocycles. The maximum atomic E-state index is 12.2. The Labute approximate surface area is 112 Å². The number of carbonyl (C=O) groups excluding carboxylic acids is 1. The van der Waals surface area contributed by atoms with Crippen LogP contribution in [0.15, 0.2) is 40.5 Å². The van der Waals surface area contributed by atoms with Gasteiger partial charge in [-0.25, -0.2) is 9.36 Å². The van der Waals surface area contributed by atoms with Crippen LogP contribution in [-0.4, -0.2) is 15.5 Å². The molecule has 5 nitrogen and oxygen atoms in total. The zero-order chi connectivity index (χ0) is 13.4. The maximum Gasteiger partial charge on any atom is 0.333 e. The van der Waals surface area contributed by atoms with Crippen molar-refractivity contribution in [2.24, 2.45) is 0 Å². The van der Waals surface area contributed by atoms with E-state index in [0.29, 0.717) is 16.7 Å². The van der Waals surface area contributed by atoms with E-state index in [9.17, 15) is 9.59 Å². The Morgan fingerprint density at radius 3 is 2.95 bits per heavy atom. The van der Waals surface area contributed by atoms with Crippen molar-refractivity contribution < 1.29 is 4.79 Å². The minimum Gasteiger partial charge on any atom is -0.399 e. The summed E-state index contributed by atoms with van der Waals surface area (Å²) in [6.45, 7) is 0. The summed E-state index contributed by atoms with van der Waals surface area (Å²) in [5.41, 5.74) is 6.90. The van der Waals surface area contributed by atoms with Gasteiger partial charge in [-0.1, -0.05) is 6.07 Å². The number of benzene rings is 1. The molecule has 2 heterocycles. The average Bonchev–Trinajstić information content (AvgIpc) is 2.95. The number of rotatable bonds is 2. The van der Waals surface area contributed by atoms with Crippen molar-refractivity contribution in [2.75, 3.05) is 5.73 Å². The van der Waals surface area contributed by atoms with Crippen molar-refractivity contribution >= 4 is 34.0 Å². The summed E-state index contributed by atoms with van der Waals surface area (Å²) in [5.74, 6) is -0.247. The third kappa shape index (κ3) is 2.06. The Morgan fingerprint density at radius 2 is 2.21 bits per heavy atom. The zero-order valence-corrected chi connectivity index (χ0v) is 10.7. The first-order valence-corrected chi connectivity index (χ1v) is 6.59. The van der Waals surface area contributed by atoms with Crippen molar-refractivity contribution in [1.82, 2.24) is 9.55 Å². The van der Waals surface area contributed by atoms with Gasteiger partial charge in [0, 0.05) is 10.6 Å². The van der Waals surface area contributed by atoms with Gasteiger partial charge in [0.2, 0.25) is 5.91 Å². The van der Waals surface area contributed by atoms with E-state index in [-0.39, 0.29) is 12.3 Å². The second-order valence-electron chi connectivity index (χ2n) is 4.19. The monoisotopic (exact) mass is 273 g/mol. The standard InChI is InChI=1S/C13H11N3O2S/c14-8-3-4-11-10(6-8)15-13(18)16(11)12(17)7-9-2-1-5-19-9/h1-6H,7,14H2,(H,15,18). The van der Waals surface area contributed by atoms with Gasteiger partial charge in [0.15, 0.2) is 0 Å². The fourth-order valence-corrected chi connectivity index (χ4v) is 2.71. The average molecular weight is 273 g/mol. The number of H-pyrrole nitrogens is 1. The van der Waals surface area contributed by atoms with Crippen LogP contribution in [0.25, 0.3) is 11.0 Å². The second kappa shape index (κ2) is 4.40. The molecule has 19 heavy (non-hydrogen) atoms. The molecule has 96 valence electrons. The topological polar surface area (TPSA) is 80.9 Å². The van der Waals surface area contributed by atoms with Gasteiger partial charge in [0.25, 0.3) is 0 Å². The number of aromatic amines is 1. The number of fused-ring (bicyclic) bond motifs is 1. The highest BCUT2D eigenvalue weighted by Crippen LogP contribution is 2.15. The predicted octanol–water partition coefficient (Wildman–Crippen LogP) is 1.86. The molecule has 3 rings (SSSR count). The summed E-state index contributed by atoms with van der Waals surface area (Å²) in [7, 11) is 0.